The summed E-state index contributed by atoms with van der Waals surface area (Å²) in [4.78, 5) is 38.9. The molecular weight excluding hydrogens is 261 g/mol. The van der Waals surface area contributed by atoms with Crippen LogP contribution in [0.25, 0.3) is 0 Å². The van der Waals surface area contributed by atoms with E-state index in [9.17, 15) is 14.3 Å². The van der Waals surface area contributed by atoms with Crippen molar-refractivity contribution < 1.29 is 24.3 Å². The van der Waals surface area contributed by atoms with Crippen molar-refractivity contribution in [3.63, 3.8) is 0 Å². The average Bonchev–Trinajstić information content (AvgIpc) is 2.25. The highest BCUT2D eigenvalue weighted by Gasteiger charge is 2.22. The second-order valence-electron chi connectivity index (χ2n) is 3.76. The van der Waals surface area contributed by atoms with Crippen LogP contribution in [0.1, 0.15) is 11.1 Å². The molecule has 0 aliphatic rings. The lowest BCUT2D eigenvalue weighted by Gasteiger charge is -2.11. The highest BCUT2D eigenvalue weighted by molar-refractivity contribution is 7.50. The second-order valence-corrected chi connectivity index (χ2v) is 5.40. The number of hydrogen-bond acceptors (Lipinski definition) is 4. The zero-order chi connectivity index (χ0) is 13.8. The lowest BCUT2D eigenvalue weighted by Crippen LogP contribution is -2.20. The number of carboxylic acid groups (broad SMARTS) is 1. The summed E-state index contributed by atoms with van der Waals surface area (Å²) in [5.74, 6) is -1.36. The third-order valence-corrected chi connectivity index (χ3v) is 3.07. The van der Waals surface area contributed by atoms with E-state index in [0.29, 0.717) is 11.1 Å². The van der Waals surface area contributed by atoms with Gasteiger partial charge in [0.1, 0.15) is 0 Å². The molecule has 1 aromatic carbocycles. The van der Waals surface area contributed by atoms with Crippen LogP contribution in [0.15, 0.2) is 29.4 Å². The van der Waals surface area contributed by atoms with Crippen molar-refractivity contribution in [1.29, 1.82) is 0 Å². The van der Waals surface area contributed by atoms with Crippen LogP contribution in [0.3, 0.4) is 0 Å². The monoisotopic (exact) mass is 273 g/mol. The molecule has 1 aromatic rings. The Labute approximate surface area is 103 Å². The lowest BCUT2D eigenvalue weighted by atomic mass is 10.0. The third kappa shape index (κ3) is 4.37. The fourth-order valence-corrected chi connectivity index (χ4v) is 2.26. The minimum atomic E-state index is -4.25. The molecule has 0 saturated carbocycles. The summed E-state index contributed by atoms with van der Waals surface area (Å²) in [6.45, 7) is 0. The molecule has 0 spiro atoms. The number of carbonyl (C=O) groups is 1. The van der Waals surface area contributed by atoms with Crippen LogP contribution in [0.2, 0.25) is 0 Å². The van der Waals surface area contributed by atoms with Gasteiger partial charge < -0.3 is 14.9 Å². The van der Waals surface area contributed by atoms with E-state index in [4.69, 9.17) is 14.9 Å². The van der Waals surface area contributed by atoms with E-state index in [1.165, 1.54) is 12.1 Å². The Morgan fingerprint density at radius 3 is 2.28 bits per heavy atom. The maximum Gasteiger partial charge on any atom is 0.332 e. The molecule has 0 saturated heterocycles. The minimum absolute atomic E-state index is 0.186. The maximum absolute atomic E-state index is 10.9. The van der Waals surface area contributed by atoms with Gasteiger partial charge in [-0.1, -0.05) is 29.4 Å². The molecule has 8 heteroatoms. The molecule has 0 aliphatic heterocycles. The predicted octanol–water partition coefficient (Wildman–Crippen LogP) is 1.13. The largest absolute Gasteiger partial charge is 0.480 e. The number of rotatable bonds is 6. The number of nitrogens with zero attached hydrogens (tertiary/aromatic N) is 1. The van der Waals surface area contributed by atoms with Gasteiger partial charge >= 0.3 is 13.6 Å². The van der Waals surface area contributed by atoms with Gasteiger partial charge in [0.05, 0.1) is 6.16 Å². The maximum atomic E-state index is 10.9. The summed E-state index contributed by atoms with van der Waals surface area (Å²) in [6.07, 6.45) is -0.677. The van der Waals surface area contributed by atoms with E-state index in [-0.39, 0.29) is 6.42 Å². The molecule has 0 heterocycles. The molecule has 7 nitrogen and oxygen atoms in total. The molecule has 18 heavy (non-hydrogen) atoms. The summed E-state index contributed by atoms with van der Waals surface area (Å²) >= 11 is 0. The molecule has 0 amide bonds. The summed E-state index contributed by atoms with van der Waals surface area (Å²) in [5, 5.41) is 11.2. The van der Waals surface area contributed by atoms with Crippen LogP contribution >= 0.6 is 7.60 Å². The Hall–Kier alpha value is -1.56. The van der Waals surface area contributed by atoms with Gasteiger partial charge in [-0.05, 0) is 11.1 Å². The highest BCUT2D eigenvalue weighted by atomic mass is 31.2. The zero-order valence-corrected chi connectivity index (χ0v) is 10.2. The van der Waals surface area contributed by atoms with Gasteiger partial charge in [0, 0.05) is 6.42 Å². The van der Waals surface area contributed by atoms with E-state index < -0.39 is 25.8 Å². The zero-order valence-electron chi connectivity index (χ0n) is 9.26. The molecule has 0 aromatic heterocycles. The number of aliphatic carboxylic acids is 1. The fraction of sp³-hybridized carbons (Fsp3) is 0.300. The Morgan fingerprint density at radius 1 is 1.28 bits per heavy atom. The molecule has 0 fully saturated rings. The predicted molar refractivity (Wildman–Crippen MR) is 63.1 cm³/mol. The molecule has 1 atom stereocenters. The Kier molecular flexibility index (Phi) is 4.72. The van der Waals surface area contributed by atoms with Crippen LogP contribution in [-0.2, 0) is 21.9 Å². The minimum Gasteiger partial charge on any atom is -0.480 e. The van der Waals surface area contributed by atoms with Gasteiger partial charge in [0.25, 0.3) is 0 Å². The first-order chi connectivity index (χ1) is 8.33. The van der Waals surface area contributed by atoms with Crippen molar-refractivity contribution in [2.24, 2.45) is 5.18 Å². The SMILES string of the molecule is O=NC(Cc1ccccc1CP(=O)(O)O)C(=O)O. The number of benzene rings is 1. The standard InChI is InChI=1S/C10H12NO6P/c12-10(13)9(11-14)5-7-3-1-2-4-8(7)6-18(15,16)17/h1-4,9H,5-6H2,(H,12,13)(H2,15,16,17). The smallest absolute Gasteiger partial charge is 0.332 e. The van der Waals surface area contributed by atoms with Gasteiger partial charge in [0.2, 0.25) is 0 Å². The van der Waals surface area contributed by atoms with Crippen molar-refractivity contribution in [1.82, 2.24) is 0 Å². The summed E-state index contributed by atoms with van der Waals surface area (Å²) in [7, 11) is -4.25. The number of carboxylic acids is 1. The molecule has 98 valence electrons. The van der Waals surface area contributed by atoms with Crippen molar-refractivity contribution >= 4 is 13.6 Å². The van der Waals surface area contributed by atoms with E-state index in [2.05, 4.69) is 5.18 Å². The Balaban J connectivity index is 2.98. The lowest BCUT2D eigenvalue weighted by molar-refractivity contribution is -0.138. The molecule has 1 unspecified atom stereocenters. The van der Waals surface area contributed by atoms with Crippen LogP contribution in [0, 0.1) is 4.91 Å². The van der Waals surface area contributed by atoms with Crippen molar-refractivity contribution in [2.45, 2.75) is 18.6 Å². The quantitative estimate of drug-likeness (QED) is 0.527. The molecule has 3 N–H and O–H groups in total. The average molecular weight is 273 g/mol. The summed E-state index contributed by atoms with van der Waals surface area (Å²) < 4.78 is 10.9. The van der Waals surface area contributed by atoms with Gasteiger partial charge in [-0.2, -0.15) is 0 Å². The first-order valence-corrected chi connectivity index (χ1v) is 6.80. The van der Waals surface area contributed by atoms with E-state index in [1.54, 1.807) is 12.1 Å². The van der Waals surface area contributed by atoms with Crippen molar-refractivity contribution in [2.75, 3.05) is 0 Å². The van der Waals surface area contributed by atoms with E-state index in [0.717, 1.165) is 0 Å². The molecular formula is C10H12NO6P. The van der Waals surface area contributed by atoms with Gasteiger partial charge in [0.15, 0.2) is 6.04 Å². The summed E-state index contributed by atoms with van der Waals surface area (Å²) in [5.41, 5.74) is 0.716. The van der Waals surface area contributed by atoms with Gasteiger partial charge in [-0.3, -0.25) is 4.57 Å². The van der Waals surface area contributed by atoms with Crippen LogP contribution in [0.4, 0.5) is 0 Å². The Morgan fingerprint density at radius 2 is 1.83 bits per heavy atom. The van der Waals surface area contributed by atoms with E-state index >= 15 is 0 Å². The highest BCUT2D eigenvalue weighted by Crippen LogP contribution is 2.40. The molecule has 1 rings (SSSR count). The van der Waals surface area contributed by atoms with E-state index in [1.807, 2.05) is 0 Å². The first kappa shape index (κ1) is 14.5. The van der Waals surface area contributed by atoms with Crippen LogP contribution in [0.5, 0.6) is 0 Å². The first-order valence-electron chi connectivity index (χ1n) is 5.00. The Bertz CT molecular complexity index is 497. The van der Waals surface area contributed by atoms with Gasteiger partial charge in [-0.25, -0.2) is 4.79 Å². The number of nitroso groups, excluding NO2 is 1. The second kappa shape index (κ2) is 5.86. The normalized spacial score (nSPS) is 13.0. The third-order valence-electron chi connectivity index (χ3n) is 2.32. The van der Waals surface area contributed by atoms with Crippen LogP contribution in [-0.4, -0.2) is 26.9 Å². The fourth-order valence-electron chi connectivity index (χ4n) is 1.51. The number of hydrogen-bond donors (Lipinski definition) is 3. The van der Waals surface area contributed by atoms with Gasteiger partial charge in [-0.15, -0.1) is 4.91 Å². The topological polar surface area (TPSA) is 124 Å². The summed E-state index contributed by atoms with van der Waals surface area (Å²) in [6, 6.07) is 4.73. The molecule has 0 aliphatic carbocycles. The van der Waals surface area contributed by atoms with Crippen LogP contribution < -0.4 is 0 Å². The van der Waals surface area contributed by atoms with Crippen molar-refractivity contribution in [3.8, 4) is 0 Å². The van der Waals surface area contributed by atoms with Crippen molar-refractivity contribution in [3.05, 3.63) is 40.3 Å². The molecule has 0 bridgehead atoms. The molecule has 0 radical (unpaired) electrons.